The van der Waals surface area contributed by atoms with E-state index in [0.29, 0.717) is 22.3 Å². The van der Waals surface area contributed by atoms with Crippen molar-refractivity contribution in [3.63, 3.8) is 0 Å². The highest BCUT2D eigenvalue weighted by atomic mass is 35.5. The van der Waals surface area contributed by atoms with E-state index in [1.807, 2.05) is 0 Å². The third-order valence-corrected chi connectivity index (χ3v) is 5.34. The van der Waals surface area contributed by atoms with Gasteiger partial charge in [-0.15, -0.1) is 13.2 Å². The van der Waals surface area contributed by atoms with Gasteiger partial charge in [-0.05, 0) is 37.6 Å². The van der Waals surface area contributed by atoms with Crippen molar-refractivity contribution in [3.8, 4) is 6.01 Å². The van der Waals surface area contributed by atoms with E-state index in [9.17, 15) is 22.8 Å². The minimum absolute atomic E-state index is 0.0324. The number of hydrogen-bond acceptors (Lipinski definition) is 8. The van der Waals surface area contributed by atoms with Gasteiger partial charge in [0, 0.05) is 21.5 Å². The van der Waals surface area contributed by atoms with E-state index in [0.717, 1.165) is 4.90 Å². The number of carbonyl (C=O) groups excluding carboxylic acids is 1. The lowest BCUT2D eigenvalue weighted by Crippen LogP contribution is -2.35. The summed E-state index contributed by atoms with van der Waals surface area (Å²) >= 11 is 6.02. The fourth-order valence-corrected chi connectivity index (χ4v) is 3.64. The maximum absolute atomic E-state index is 12.9. The van der Waals surface area contributed by atoms with Crippen molar-refractivity contribution in [1.29, 1.82) is 0 Å². The van der Waals surface area contributed by atoms with E-state index in [1.54, 1.807) is 38.1 Å². The fraction of sp³-hybridized carbons (Fsp3) is 0.350. The predicted molar refractivity (Wildman–Crippen MR) is 116 cm³/mol. The van der Waals surface area contributed by atoms with Crippen molar-refractivity contribution in [2.75, 3.05) is 16.8 Å². The van der Waals surface area contributed by atoms with Gasteiger partial charge >= 0.3 is 18.5 Å². The molecule has 1 aliphatic rings. The quantitative estimate of drug-likeness (QED) is 0.519. The molecule has 14 heteroatoms. The Morgan fingerprint density at radius 2 is 2.06 bits per heavy atom. The highest BCUT2D eigenvalue weighted by molar-refractivity contribution is 6.31. The number of halogens is 4. The van der Waals surface area contributed by atoms with Gasteiger partial charge in [-0.25, -0.2) is 9.69 Å². The number of ether oxygens (including phenoxy) is 2. The van der Waals surface area contributed by atoms with Gasteiger partial charge < -0.3 is 19.8 Å². The molecule has 34 heavy (non-hydrogen) atoms. The van der Waals surface area contributed by atoms with Gasteiger partial charge in [0.1, 0.15) is 6.61 Å². The average Bonchev–Trinajstić information content (AvgIpc) is 3.12. The van der Waals surface area contributed by atoms with Gasteiger partial charge in [0.15, 0.2) is 0 Å². The zero-order chi connectivity index (χ0) is 24.6. The third kappa shape index (κ3) is 4.98. The molecule has 1 aromatic carbocycles. The number of aromatic nitrogens is 4. The zero-order valence-corrected chi connectivity index (χ0v) is 18.6. The molecule has 3 heterocycles. The molecular weight excluding hydrogens is 481 g/mol. The molecule has 0 saturated carbocycles. The molecule has 0 aliphatic carbocycles. The van der Waals surface area contributed by atoms with Gasteiger partial charge in [-0.1, -0.05) is 18.5 Å². The van der Waals surface area contributed by atoms with Crippen LogP contribution in [0.3, 0.4) is 0 Å². The van der Waals surface area contributed by atoms with E-state index in [2.05, 4.69) is 30.0 Å². The summed E-state index contributed by atoms with van der Waals surface area (Å²) < 4.78 is 47.4. The summed E-state index contributed by atoms with van der Waals surface area (Å²) in [4.78, 5) is 39.9. The molecule has 1 fully saturated rings. The van der Waals surface area contributed by atoms with Crippen LogP contribution in [0.4, 0.5) is 29.9 Å². The molecule has 0 unspecified atom stereocenters. The Morgan fingerprint density at radius 3 is 2.76 bits per heavy atom. The molecule has 1 amide bonds. The van der Waals surface area contributed by atoms with Crippen molar-refractivity contribution in [2.24, 2.45) is 0 Å². The lowest BCUT2D eigenvalue weighted by molar-refractivity contribution is -0.277. The maximum Gasteiger partial charge on any atom is 0.575 e. The van der Waals surface area contributed by atoms with Gasteiger partial charge in [-0.2, -0.15) is 15.0 Å². The number of fused-ring (bicyclic) bond motifs is 1. The number of nitrogens with zero attached hydrogens (tertiary/aromatic N) is 4. The fourth-order valence-electron chi connectivity index (χ4n) is 3.46. The Labute approximate surface area is 195 Å². The Balaban J connectivity index is 1.71. The third-order valence-electron chi connectivity index (χ3n) is 5.10. The Kier molecular flexibility index (Phi) is 6.21. The summed E-state index contributed by atoms with van der Waals surface area (Å²) in [6.45, 7) is 3.39. The second-order valence-corrected chi connectivity index (χ2v) is 7.89. The molecular formula is C20H18ClF3N6O4. The molecule has 0 radical (unpaired) electrons. The van der Waals surface area contributed by atoms with E-state index in [-0.39, 0.29) is 24.1 Å². The van der Waals surface area contributed by atoms with Crippen LogP contribution in [0.5, 0.6) is 6.01 Å². The highest BCUT2D eigenvalue weighted by Gasteiger charge is 2.38. The number of hydrogen-bond donors (Lipinski definition) is 2. The van der Waals surface area contributed by atoms with Gasteiger partial charge in [0.25, 0.3) is 5.56 Å². The second-order valence-electron chi connectivity index (χ2n) is 7.45. The number of amides is 1. The number of cyclic esters (lactones) is 1. The highest BCUT2D eigenvalue weighted by Crippen LogP contribution is 2.28. The summed E-state index contributed by atoms with van der Waals surface area (Å²) in [7, 11) is 0. The molecule has 2 atom stereocenters. The summed E-state index contributed by atoms with van der Waals surface area (Å²) in [5.41, 5.74) is 0.388. The van der Waals surface area contributed by atoms with Gasteiger partial charge in [0.2, 0.25) is 11.9 Å². The van der Waals surface area contributed by atoms with Gasteiger partial charge in [0.05, 0.1) is 12.1 Å². The van der Waals surface area contributed by atoms with Crippen LogP contribution in [0.2, 0.25) is 5.02 Å². The van der Waals surface area contributed by atoms with Crippen molar-refractivity contribution in [2.45, 2.75) is 38.7 Å². The summed E-state index contributed by atoms with van der Waals surface area (Å²) in [5, 5.41) is 3.89. The lowest BCUT2D eigenvalue weighted by Gasteiger charge is -2.20. The molecule has 180 valence electrons. The molecule has 1 saturated heterocycles. The Bertz CT molecular complexity index is 1300. The second kappa shape index (κ2) is 8.97. The minimum atomic E-state index is -5.08. The smallest absolute Gasteiger partial charge is 0.447 e. The molecule has 10 nitrogen and oxygen atoms in total. The number of rotatable bonds is 6. The van der Waals surface area contributed by atoms with Crippen molar-refractivity contribution < 1.29 is 27.4 Å². The first kappa shape index (κ1) is 23.5. The van der Waals surface area contributed by atoms with Crippen LogP contribution in [0.1, 0.15) is 31.9 Å². The van der Waals surface area contributed by atoms with Crippen LogP contribution in [-0.2, 0) is 4.74 Å². The summed E-state index contributed by atoms with van der Waals surface area (Å²) in [6, 6.07) is 4.23. The number of pyridine rings is 1. The zero-order valence-electron chi connectivity index (χ0n) is 17.8. The van der Waals surface area contributed by atoms with Crippen LogP contribution in [-0.4, -0.2) is 45.0 Å². The topological polar surface area (TPSA) is 122 Å². The largest absolute Gasteiger partial charge is 0.575 e. The number of H-pyrrole nitrogens is 1. The monoisotopic (exact) mass is 498 g/mol. The SMILES string of the molecule is CC[C@H]1COC(=O)N1c1nc(N[C@@H](C)c2cc3cc(Cl)ccc3[nH]c2=O)nc(OC(F)(F)F)n1. The molecule has 3 aromatic rings. The van der Waals surface area contributed by atoms with Crippen LogP contribution < -0.4 is 20.5 Å². The number of alkyl halides is 3. The molecule has 0 spiro atoms. The van der Waals surface area contributed by atoms with Crippen molar-refractivity contribution in [3.05, 3.63) is 45.2 Å². The Morgan fingerprint density at radius 1 is 1.29 bits per heavy atom. The first-order valence-corrected chi connectivity index (χ1v) is 10.5. The number of nitrogens with one attached hydrogen (secondary N) is 2. The lowest BCUT2D eigenvalue weighted by atomic mass is 10.1. The first-order valence-electron chi connectivity index (χ1n) is 10.1. The number of carbonyl (C=O) groups is 1. The standard InChI is InChI=1S/C20H18ClF3N6O4/c1-3-12-8-33-19(32)30(12)17-27-16(28-18(29-17)34-20(22,23)24)25-9(2)13-7-10-6-11(21)4-5-14(10)26-15(13)31/h4-7,9,12H,3,8H2,1-2H3,(H,26,31)(H,25,27,28,29)/t9-,12-/m0/s1. The van der Waals surface area contributed by atoms with Crippen molar-refractivity contribution in [1.82, 2.24) is 19.9 Å². The van der Waals surface area contributed by atoms with Crippen molar-refractivity contribution >= 4 is 40.5 Å². The molecule has 2 N–H and O–H groups in total. The van der Waals surface area contributed by atoms with Crippen LogP contribution in [0.15, 0.2) is 29.1 Å². The van der Waals surface area contributed by atoms with Crippen LogP contribution >= 0.6 is 11.6 Å². The summed E-state index contributed by atoms with van der Waals surface area (Å²) in [6.07, 6.45) is -5.44. The molecule has 4 rings (SSSR count). The minimum Gasteiger partial charge on any atom is -0.447 e. The number of aromatic amines is 1. The summed E-state index contributed by atoms with van der Waals surface area (Å²) in [5.74, 6) is -0.714. The first-order chi connectivity index (χ1) is 16.0. The molecule has 2 aromatic heterocycles. The van der Waals surface area contributed by atoms with Gasteiger partial charge in [-0.3, -0.25) is 4.79 Å². The molecule has 0 bridgehead atoms. The number of anilines is 2. The number of benzene rings is 1. The van der Waals surface area contributed by atoms with Crippen LogP contribution in [0, 0.1) is 0 Å². The van der Waals surface area contributed by atoms with E-state index in [4.69, 9.17) is 16.3 Å². The predicted octanol–water partition coefficient (Wildman–Crippen LogP) is 4.17. The average molecular weight is 499 g/mol. The normalized spacial score (nSPS) is 17.1. The van der Waals surface area contributed by atoms with E-state index in [1.165, 1.54) is 0 Å². The Hall–Kier alpha value is -3.61. The molecule has 1 aliphatic heterocycles. The van der Waals surface area contributed by atoms with E-state index >= 15 is 0 Å². The van der Waals surface area contributed by atoms with Crippen LogP contribution in [0.25, 0.3) is 10.9 Å². The van der Waals surface area contributed by atoms with E-state index < -0.39 is 36.1 Å². The maximum atomic E-state index is 12.9.